The number of amides is 1. The second-order valence-electron chi connectivity index (χ2n) is 7.62. The molecule has 7 nitrogen and oxygen atoms in total. The Morgan fingerprint density at radius 3 is 2.76 bits per heavy atom. The van der Waals surface area contributed by atoms with Gasteiger partial charge in [0.15, 0.2) is 6.10 Å². The number of nitrogens with one attached hydrogen (secondary N) is 2. The lowest BCUT2D eigenvalue weighted by molar-refractivity contribution is -0.121. The van der Waals surface area contributed by atoms with Crippen LogP contribution in [0, 0.1) is 0 Å². The number of carbonyl (C=O) groups is 1. The zero-order valence-electron chi connectivity index (χ0n) is 18.1. The molecule has 0 aliphatic heterocycles. The highest BCUT2D eigenvalue weighted by atomic mass is 35.5. The molecule has 4 aromatic rings. The largest absolute Gasteiger partial charge is 0.483 e. The number of hydrogen-bond donors (Lipinski definition) is 3. The Hall–Kier alpha value is -3.43. The van der Waals surface area contributed by atoms with Crippen molar-refractivity contribution in [3.63, 3.8) is 0 Å². The first-order valence-electron chi connectivity index (χ1n) is 10.6. The molecule has 0 radical (unpaired) electrons. The molecule has 1 amide bonds. The molecule has 2 heterocycles. The predicted molar refractivity (Wildman–Crippen MR) is 126 cm³/mol. The van der Waals surface area contributed by atoms with Gasteiger partial charge in [-0.3, -0.25) is 9.89 Å². The molecule has 0 spiro atoms. The molecule has 34 heavy (non-hydrogen) atoms. The summed E-state index contributed by atoms with van der Waals surface area (Å²) in [6.45, 7) is -1.65. The van der Waals surface area contributed by atoms with E-state index in [2.05, 4.69) is 15.5 Å². The number of aromatic amines is 1. The second-order valence-corrected chi connectivity index (χ2v) is 8.02. The van der Waals surface area contributed by atoms with Crippen molar-refractivity contribution < 1.29 is 23.4 Å². The summed E-state index contributed by atoms with van der Waals surface area (Å²) in [5, 5.41) is 20.1. The lowest BCUT2D eigenvalue weighted by Crippen LogP contribution is -2.29. The van der Waals surface area contributed by atoms with Crippen molar-refractivity contribution in [2.75, 3.05) is 26.5 Å². The summed E-state index contributed by atoms with van der Waals surface area (Å²) in [7, 11) is 0. The lowest BCUT2D eigenvalue weighted by atomic mass is 10.1. The molecule has 0 aliphatic rings. The Morgan fingerprint density at radius 1 is 1.21 bits per heavy atom. The maximum absolute atomic E-state index is 12.8. The van der Waals surface area contributed by atoms with Crippen molar-refractivity contribution in [2.45, 2.75) is 12.6 Å². The maximum Gasteiger partial charge on any atom is 0.240 e. The molecule has 2 aromatic heterocycles. The Balaban J connectivity index is 1.58. The normalized spacial score (nSPS) is 11.3. The van der Waals surface area contributed by atoms with E-state index in [9.17, 15) is 13.6 Å². The van der Waals surface area contributed by atoms with Gasteiger partial charge in [0.05, 0.1) is 23.0 Å². The van der Waals surface area contributed by atoms with Crippen molar-refractivity contribution in [3.8, 4) is 28.3 Å². The van der Waals surface area contributed by atoms with Crippen molar-refractivity contribution in [1.29, 1.82) is 0 Å². The van der Waals surface area contributed by atoms with E-state index in [0.717, 1.165) is 22.2 Å². The van der Waals surface area contributed by atoms with Crippen molar-refractivity contribution >= 4 is 28.4 Å². The minimum Gasteiger partial charge on any atom is -0.483 e. The van der Waals surface area contributed by atoms with E-state index >= 15 is 0 Å². The average Bonchev–Trinajstić information content (AvgIpc) is 3.50. The van der Waals surface area contributed by atoms with Gasteiger partial charge in [-0.25, -0.2) is 8.78 Å². The Kier molecular flexibility index (Phi) is 7.44. The van der Waals surface area contributed by atoms with Gasteiger partial charge >= 0.3 is 0 Å². The van der Waals surface area contributed by atoms with E-state index in [0.29, 0.717) is 11.3 Å². The highest BCUT2D eigenvalue weighted by Crippen LogP contribution is 2.33. The number of carbonyl (C=O) groups excluding carboxylic acids is 1. The topological polar surface area (TPSA) is 92.2 Å². The Labute approximate surface area is 199 Å². The number of rotatable bonds is 10. The van der Waals surface area contributed by atoms with E-state index in [1.54, 1.807) is 18.2 Å². The molecular formula is C24H23ClF2N4O3. The van der Waals surface area contributed by atoms with Gasteiger partial charge in [-0.05, 0) is 36.4 Å². The fourth-order valence-corrected chi connectivity index (χ4v) is 3.87. The van der Waals surface area contributed by atoms with Crippen LogP contribution in [0.5, 0.6) is 5.75 Å². The van der Waals surface area contributed by atoms with Crippen LogP contribution >= 0.6 is 11.6 Å². The van der Waals surface area contributed by atoms with Crippen LogP contribution in [0.4, 0.5) is 8.78 Å². The molecule has 10 heteroatoms. The lowest BCUT2D eigenvalue weighted by Gasteiger charge is -2.14. The molecule has 0 saturated carbocycles. The van der Waals surface area contributed by atoms with Gasteiger partial charge in [0.25, 0.3) is 0 Å². The minimum atomic E-state index is -1.19. The number of aromatic nitrogens is 3. The first-order valence-corrected chi connectivity index (χ1v) is 11.0. The smallest absolute Gasteiger partial charge is 0.240 e. The summed E-state index contributed by atoms with van der Waals surface area (Å²) in [6, 6.07) is 14.5. The van der Waals surface area contributed by atoms with Gasteiger partial charge in [-0.15, -0.1) is 0 Å². The van der Waals surface area contributed by atoms with Gasteiger partial charge < -0.3 is 19.7 Å². The van der Waals surface area contributed by atoms with Gasteiger partial charge in [0, 0.05) is 34.8 Å². The number of halogens is 3. The number of alkyl halides is 2. The van der Waals surface area contributed by atoms with Gasteiger partial charge in [-0.2, -0.15) is 5.10 Å². The van der Waals surface area contributed by atoms with Crippen molar-refractivity contribution in [1.82, 2.24) is 20.1 Å². The first-order chi connectivity index (χ1) is 16.5. The predicted octanol–water partition coefficient (Wildman–Crippen LogP) is 4.15. The summed E-state index contributed by atoms with van der Waals surface area (Å²) >= 11 is 6.26. The number of nitrogens with zero attached hydrogens (tertiary/aromatic N) is 2. The van der Waals surface area contributed by atoms with Crippen LogP contribution in [0.2, 0.25) is 5.02 Å². The minimum absolute atomic E-state index is 0.110. The number of ether oxygens (including phenoxy) is 1. The van der Waals surface area contributed by atoms with Crippen LogP contribution in [0.25, 0.3) is 33.4 Å². The molecule has 4 rings (SSSR count). The average molecular weight is 489 g/mol. The van der Waals surface area contributed by atoms with E-state index in [-0.39, 0.29) is 36.4 Å². The van der Waals surface area contributed by atoms with Gasteiger partial charge in [-0.1, -0.05) is 23.7 Å². The molecular weight excluding hydrogens is 466 g/mol. The van der Waals surface area contributed by atoms with Crippen LogP contribution in [0.3, 0.4) is 0 Å². The summed E-state index contributed by atoms with van der Waals surface area (Å²) < 4.78 is 32.6. The van der Waals surface area contributed by atoms with E-state index in [1.807, 2.05) is 41.1 Å². The maximum atomic E-state index is 12.8. The molecule has 0 atom stereocenters. The number of aliphatic hydroxyl groups is 1. The zero-order chi connectivity index (χ0) is 24.1. The second kappa shape index (κ2) is 10.7. The monoisotopic (exact) mass is 488 g/mol. The SMILES string of the molecule is O=C(Cn1ccc2c(-c3cc(-c4ccc(OC(CF)CF)c(Cl)c4)n[nH]3)cccc21)NCCO. The quantitative estimate of drug-likeness (QED) is 0.313. The first kappa shape index (κ1) is 23.7. The fraction of sp³-hybridized carbons (Fsp3) is 0.250. The van der Waals surface area contributed by atoms with Crippen LogP contribution in [-0.4, -0.2) is 58.4 Å². The zero-order valence-corrected chi connectivity index (χ0v) is 18.9. The molecule has 0 bridgehead atoms. The number of benzene rings is 2. The van der Waals surface area contributed by atoms with Gasteiger partial charge in [0.1, 0.15) is 25.6 Å². The number of hydrogen-bond acceptors (Lipinski definition) is 4. The van der Waals surface area contributed by atoms with Crippen molar-refractivity contribution in [2.24, 2.45) is 0 Å². The molecule has 3 N–H and O–H groups in total. The Bertz CT molecular complexity index is 1290. The van der Waals surface area contributed by atoms with Gasteiger partial charge in [0.2, 0.25) is 5.91 Å². The third-order valence-electron chi connectivity index (χ3n) is 5.30. The summed E-state index contributed by atoms with van der Waals surface area (Å²) in [4.78, 5) is 12.1. The Morgan fingerprint density at radius 2 is 2.03 bits per heavy atom. The van der Waals surface area contributed by atoms with Crippen molar-refractivity contribution in [3.05, 3.63) is 59.8 Å². The summed E-state index contributed by atoms with van der Waals surface area (Å²) in [5.74, 6) is 0.0186. The third-order valence-corrected chi connectivity index (χ3v) is 5.59. The standard InChI is InChI=1S/C24H23ClF2N4O3/c25-19-10-15(4-5-23(19)34-16(12-26)13-27)20-11-21(30-29-20)17-2-1-3-22-18(17)6-8-31(22)14-24(33)28-7-9-32/h1-6,8,10-11,16,32H,7,9,12-14H2,(H,28,33)(H,29,30). The molecule has 0 aliphatic carbocycles. The number of H-pyrrole nitrogens is 1. The van der Waals surface area contributed by atoms with Crippen LogP contribution in [0.1, 0.15) is 0 Å². The summed E-state index contributed by atoms with van der Waals surface area (Å²) in [5.41, 5.74) is 3.91. The van der Waals surface area contributed by atoms with E-state index < -0.39 is 19.5 Å². The van der Waals surface area contributed by atoms with Crippen LogP contribution in [-0.2, 0) is 11.3 Å². The molecule has 0 saturated heterocycles. The van der Waals surface area contributed by atoms with Crippen LogP contribution in [0.15, 0.2) is 54.7 Å². The number of aliphatic hydroxyl groups excluding tert-OH is 1. The van der Waals surface area contributed by atoms with E-state index in [4.69, 9.17) is 21.4 Å². The van der Waals surface area contributed by atoms with E-state index in [1.165, 1.54) is 0 Å². The highest BCUT2D eigenvalue weighted by molar-refractivity contribution is 6.32. The third kappa shape index (κ3) is 5.05. The number of fused-ring (bicyclic) bond motifs is 1. The highest BCUT2D eigenvalue weighted by Gasteiger charge is 2.15. The molecule has 0 unspecified atom stereocenters. The fourth-order valence-electron chi connectivity index (χ4n) is 3.65. The molecule has 0 fully saturated rings. The molecule has 2 aromatic carbocycles. The van der Waals surface area contributed by atoms with Crippen LogP contribution < -0.4 is 10.1 Å². The molecule has 178 valence electrons. The summed E-state index contributed by atoms with van der Waals surface area (Å²) in [6.07, 6.45) is 0.652.